The first-order valence-corrected chi connectivity index (χ1v) is 6.33. The monoisotopic (exact) mass is 261 g/mol. The molecule has 0 saturated carbocycles. The van der Waals surface area contributed by atoms with Crippen molar-refractivity contribution in [3.63, 3.8) is 0 Å². The van der Waals surface area contributed by atoms with Crippen LogP contribution in [0.15, 0.2) is 28.8 Å². The molecule has 0 spiro atoms. The van der Waals surface area contributed by atoms with Crippen LogP contribution in [0.5, 0.6) is 5.75 Å². The first kappa shape index (κ1) is 13.5. The molecule has 0 aliphatic rings. The highest BCUT2D eigenvalue weighted by atomic mass is 16.5. The van der Waals surface area contributed by atoms with Gasteiger partial charge in [0.05, 0.1) is 7.11 Å². The normalized spacial score (nSPS) is 12.4. The van der Waals surface area contributed by atoms with E-state index in [1.807, 2.05) is 31.3 Å². The highest BCUT2D eigenvalue weighted by Crippen LogP contribution is 2.19. The van der Waals surface area contributed by atoms with Gasteiger partial charge in [0.2, 0.25) is 5.89 Å². The van der Waals surface area contributed by atoms with Crippen LogP contribution in [0.2, 0.25) is 0 Å². The van der Waals surface area contributed by atoms with Gasteiger partial charge >= 0.3 is 0 Å². The number of ether oxygens (including phenoxy) is 1. The van der Waals surface area contributed by atoms with Crippen LogP contribution in [0.3, 0.4) is 0 Å². The van der Waals surface area contributed by atoms with E-state index in [9.17, 15) is 0 Å². The van der Waals surface area contributed by atoms with Gasteiger partial charge in [-0.1, -0.05) is 23.4 Å². The van der Waals surface area contributed by atoms with Crippen molar-refractivity contribution in [3.8, 4) is 5.75 Å². The van der Waals surface area contributed by atoms with Crippen molar-refractivity contribution in [2.75, 3.05) is 14.2 Å². The third-order valence-corrected chi connectivity index (χ3v) is 3.02. The van der Waals surface area contributed by atoms with Crippen molar-refractivity contribution in [2.45, 2.75) is 25.8 Å². The second-order valence-electron chi connectivity index (χ2n) is 4.49. The van der Waals surface area contributed by atoms with E-state index in [-0.39, 0.29) is 0 Å². The Labute approximate surface area is 113 Å². The summed E-state index contributed by atoms with van der Waals surface area (Å²) in [5, 5.41) is 7.15. The van der Waals surface area contributed by atoms with Gasteiger partial charge in [0, 0.05) is 24.4 Å². The molecule has 0 saturated heterocycles. The van der Waals surface area contributed by atoms with Crippen molar-refractivity contribution in [2.24, 2.45) is 0 Å². The average Bonchev–Trinajstić information content (AvgIpc) is 2.86. The molecule has 0 amide bonds. The first-order chi connectivity index (χ1) is 9.22. The number of hydrogen-bond acceptors (Lipinski definition) is 5. The Bertz CT molecular complexity index is 525. The third kappa shape index (κ3) is 3.54. The number of rotatable bonds is 6. The topological polar surface area (TPSA) is 60.2 Å². The molecule has 2 aromatic rings. The predicted octanol–water partition coefficient (Wildman–Crippen LogP) is 1.82. The van der Waals surface area contributed by atoms with Gasteiger partial charge in [-0.25, -0.2) is 0 Å². The van der Waals surface area contributed by atoms with E-state index >= 15 is 0 Å². The molecule has 2 rings (SSSR count). The van der Waals surface area contributed by atoms with Crippen LogP contribution in [0, 0.1) is 0 Å². The Balaban J connectivity index is 2.07. The van der Waals surface area contributed by atoms with Crippen LogP contribution in [0.4, 0.5) is 0 Å². The zero-order valence-corrected chi connectivity index (χ0v) is 11.5. The van der Waals surface area contributed by atoms with E-state index in [1.165, 1.54) is 0 Å². The molecule has 0 aliphatic carbocycles. The molecule has 5 nitrogen and oxygen atoms in total. The van der Waals surface area contributed by atoms with E-state index < -0.39 is 0 Å². The smallest absolute Gasteiger partial charge is 0.228 e. The lowest BCUT2D eigenvalue weighted by atomic mass is 10.1. The highest BCUT2D eigenvalue weighted by molar-refractivity contribution is 5.35. The lowest BCUT2D eigenvalue weighted by Gasteiger charge is -2.05. The number of hydrogen-bond donors (Lipinski definition) is 1. The fourth-order valence-electron chi connectivity index (χ4n) is 1.83. The summed E-state index contributed by atoms with van der Waals surface area (Å²) in [6.07, 6.45) is 1.34. The van der Waals surface area contributed by atoms with Crippen LogP contribution in [-0.4, -0.2) is 30.3 Å². The van der Waals surface area contributed by atoms with Gasteiger partial charge in [0.25, 0.3) is 0 Å². The average molecular weight is 261 g/mol. The molecule has 19 heavy (non-hydrogen) atoms. The Morgan fingerprint density at radius 2 is 2.16 bits per heavy atom. The number of nitrogens with one attached hydrogen (secondary N) is 1. The van der Waals surface area contributed by atoms with E-state index in [0.29, 0.717) is 24.2 Å². The second kappa shape index (κ2) is 6.33. The van der Waals surface area contributed by atoms with Crippen LogP contribution < -0.4 is 10.1 Å². The van der Waals surface area contributed by atoms with Gasteiger partial charge in [0.15, 0.2) is 5.82 Å². The summed E-state index contributed by atoms with van der Waals surface area (Å²) < 4.78 is 10.6. The SMILES string of the molecule is CNC(C)Cc1nc(Cc2ccccc2OC)no1. The molecular weight excluding hydrogens is 242 g/mol. The van der Waals surface area contributed by atoms with Crippen LogP contribution >= 0.6 is 0 Å². The molecule has 0 bridgehead atoms. The van der Waals surface area contributed by atoms with Crippen molar-refractivity contribution >= 4 is 0 Å². The quantitative estimate of drug-likeness (QED) is 0.859. The summed E-state index contributed by atoms with van der Waals surface area (Å²) in [6.45, 7) is 2.07. The van der Waals surface area contributed by atoms with Crippen molar-refractivity contribution in [1.82, 2.24) is 15.5 Å². The summed E-state index contributed by atoms with van der Waals surface area (Å²) in [6, 6.07) is 8.17. The Morgan fingerprint density at radius 3 is 2.89 bits per heavy atom. The maximum atomic E-state index is 5.31. The van der Waals surface area contributed by atoms with Crippen molar-refractivity contribution in [1.29, 1.82) is 0 Å². The Hall–Kier alpha value is -1.88. The Kier molecular flexibility index (Phi) is 4.52. The van der Waals surface area contributed by atoms with Gasteiger partial charge in [0.1, 0.15) is 5.75 Å². The standard InChI is InChI=1S/C14H19N3O2/c1-10(15-2)8-14-16-13(17-19-14)9-11-6-4-5-7-12(11)18-3/h4-7,10,15H,8-9H2,1-3H3. The minimum atomic E-state index is 0.319. The molecule has 0 radical (unpaired) electrons. The lowest BCUT2D eigenvalue weighted by Crippen LogP contribution is -2.23. The van der Waals surface area contributed by atoms with Crippen LogP contribution in [-0.2, 0) is 12.8 Å². The van der Waals surface area contributed by atoms with E-state index in [1.54, 1.807) is 7.11 Å². The van der Waals surface area contributed by atoms with E-state index in [4.69, 9.17) is 9.26 Å². The molecular formula is C14H19N3O2. The van der Waals surface area contributed by atoms with E-state index in [0.717, 1.165) is 17.7 Å². The number of likely N-dealkylation sites (N-methyl/N-ethyl adjacent to an activating group) is 1. The van der Waals surface area contributed by atoms with Crippen molar-refractivity contribution in [3.05, 3.63) is 41.5 Å². The summed E-state index contributed by atoms with van der Waals surface area (Å²) in [5.41, 5.74) is 1.05. The zero-order valence-electron chi connectivity index (χ0n) is 11.5. The number of para-hydroxylation sites is 1. The molecule has 0 fully saturated rings. The Morgan fingerprint density at radius 1 is 1.37 bits per heavy atom. The lowest BCUT2D eigenvalue weighted by molar-refractivity contribution is 0.361. The van der Waals surface area contributed by atoms with Gasteiger partial charge in [-0.05, 0) is 20.0 Å². The number of aromatic nitrogens is 2. The van der Waals surface area contributed by atoms with Gasteiger partial charge in [-0.15, -0.1) is 0 Å². The molecule has 1 heterocycles. The predicted molar refractivity (Wildman–Crippen MR) is 72.3 cm³/mol. The maximum Gasteiger partial charge on any atom is 0.228 e. The summed E-state index contributed by atoms with van der Waals surface area (Å²) in [5.74, 6) is 2.19. The van der Waals surface area contributed by atoms with E-state index in [2.05, 4.69) is 22.4 Å². The maximum absolute atomic E-state index is 5.31. The van der Waals surface area contributed by atoms with Gasteiger partial charge < -0.3 is 14.6 Å². The molecule has 1 N–H and O–H groups in total. The fraction of sp³-hybridized carbons (Fsp3) is 0.429. The molecule has 1 unspecified atom stereocenters. The van der Waals surface area contributed by atoms with Gasteiger partial charge in [-0.2, -0.15) is 4.98 Å². The van der Waals surface area contributed by atoms with Gasteiger partial charge in [-0.3, -0.25) is 0 Å². The minimum Gasteiger partial charge on any atom is -0.496 e. The first-order valence-electron chi connectivity index (χ1n) is 6.33. The third-order valence-electron chi connectivity index (χ3n) is 3.02. The summed E-state index contributed by atoms with van der Waals surface area (Å²) in [4.78, 5) is 4.40. The molecule has 1 atom stereocenters. The zero-order chi connectivity index (χ0) is 13.7. The number of nitrogens with zero attached hydrogens (tertiary/aromatic N) is 2. The highest BCUT2D eigenvalue weighted by Gasteiger charge is 2.11. The number of methoxy groups -OCH3 is 1. The molecule has 0 aliphatic heterocycles. The fourth-order valence-corrected chi connectivity index (χ4v) is 1.83. The van der Waals surface area contributed by atoms with Crippen molar-refractivity contribution < 1.29 is 9.26 Å². The molecule has 102 valence electrons. The summed E-state index contributed by atoms with van der Waals surface area (Å²) >= 11 is 0. The molecule has 5 heteroatoms. The molecule has 1 aromatic carbocycles. The minimum absolute atomic E-state index is 0.319. The van der Waals surface area contributed by atoms with Crippen LogP contribution in [0.25, 0.3) is 0 Å². The summed E-state index contributed by atoms with van der Waals surface area (Å²) in [7, 11) is 3.58. The molecule has 1 aromatic heterocycles. The largest absolute Gasteiger partial charge is 0.496 e. The number of benzene rings is 1. The van der Waals surface area contributed by atoms with Crippen LogP contribution in [0.1, 0.15) is 24.2 Å². The second-order valence-corrected chi connectivity index (χ2v) is 4.49.